The maximum Gasteiger partial charge on any atom is 0.312 e. The first-order valence-corrected chi connectivity index (χ1v) is 10.2. The Bertz CT molecular complexity index is 775. The van der Waals surface area contributed by atoms with Crippen molar-refractivity contribution in [3.05, 3.63) is 24.2 Å². The van der Waals surface area contributed by atoms with Crippen LogP contribution in [0, 0.1) is 17.3 Å². The normalized spacial score (nSPS) is 32.1. The van der Waals surface area contributed by atoms with Crippen LogP contribution >= 0.6 is 0 Å². The maximum atomic E-state index is 12.8. The highest BCUT2D eigenvalue weighted by Gasteiger charge is 2.60. The van der Waals surface area contributed by atoms with Crippen molar-refractivity contribution in [2.75, 3.05) is 20.2 Å². The number of amides is 2. The number of nitrogens with zero attached hydrogens (tertiary/aromatic N) is 1. The molecule has 29 heavy (non-hydrogen) atoms. The van der Waals surface area contributed by atoms with Gasteiger partial charge in [0.25, 0.3) is 5.91 Å². The molecule has 1 heterocycles. The quantitative estimate of drug-likeness (QED) is 0.662. The van der Waals surface area contributed by atoms with Crippen molar-refractivity contribution in [1.29, 1.82) is 0 Å². The SMILES string of the molecule is CN(CC(=O)NCc1ccco1)C(=O)COC(=O)C12C[C@@H]3C[C@@H](CC(O)(C3)C1)C2. The van der Waals surface area contributed by atoms with Crippen LogP contribution in [0.4, 0.5) is 0 Å². The number of hydrogen-bond acceptors (Lipinski definition) is 6. The van der Waals surface area contributed by atoms with E-state index >= 15 is 0 Å². The number of carbonyl (C=O) groups is 3. The predicted molar refractivity (Wildman–Crippen MR) is 101 cm³/mol. The largest absolute Gasteiger partial charge is 0.467 e. The summed E-state index contributed by atoms with van der Waals surface area (Å²) >= 11 is 0. The summed E-state index contributed by atoms with van der Waals surface area (Å²) in [7, 11) is 1.50. The van der Waals surface area contributed by atoms with Crippen molar-refractivity contribution in [2.24, 2.45) is 17.3 Å². The van der Waals surface area contributed by atoms with Gasteiger partial charge in [-0.2, -0.15) is 0 Å². The number of esters is 1. The lowest BCUT2D eigenvalue weighted by Gasteiger charge is -2.58. The van der Waals surface area contributed by atoms with Gasteiger partial charge < -0.3 is 24.5 Å². The Morgan fingerprint density at radius 3 is 2.62 bits per heavy atom. The Labute approximate surface area is 169 Å². The predicted octanol–water partition coefficient (Wildman–Crippen LogP) is 1.23. The highest BCUT2D eigenvalue weighted by Crippen LogP contribution is 2.61. The lowest BCUT2D eigenvalue weighted by Crippen LogP contribution is -2.58. The Kier molecular flexibility index (Phi) is 5.14. The van der Waals surface area contributed by atoms with E-state index in [4.69, 9.17) is 9.15 Å². The molecule has 0 saturated heterocycles. The molecule has 2 amide bonds. The first-order chi connectivity index (χ1) is 13.8. The molecular formula is C21H28N2O6. The number of ether oxygens (including phenoxy) is 1. The zero-order valence-electron chi connectivity index (χ0n) is 16.7. The van der Waals surface area contributed by atoms with Gasteiger partial charge in [0.05, 0.1) is 30.4 Å². The summed E-state index contributed by atoms with van der Waals surface area (Å²) in [4.78, 5) is 38.3. The van der Waals surface area contributed by atoms with E-state index in [1.807, 2.05) is 0 Å². The van der Waals surface area contributed by atoms with Crippen LogP contribution < -0.4 is 5.32 Å². The topological polar surface area (TPSA) is 109 Å². The zero-order valence-corrected chi connectivity index (χ0v) is 16.7. The number of hydrogen-bond donors (Lipinski definition) is 2. The molecule has 4 bridgehead atoms. The molecule has 4 aliphatic carbocycles. The molecule has 0 radical (unpaired) electrons. The van der Waals surface area contributed by atoms with E-state index in [2.05, 4.69) is 5.32 Å². The van der Waals surface area contributed by atoms with Crippen LogP contribution in [0.2, 0.25) is 0 Å². The number of aliphatic hydroxyl groups is 1. The third-order valence-corrected chi connectivity index (χ3v) is 6.64. The highest BCUT2D eigenvalue weighted by atomic mass is 16.5. The first kappa shape index (κ1) is 19.9. The van der Waals surface area contributed by atoms with Crippen LogP contribution in [0.3, 0.4) is 0 Å². The fourth-order valence-electron chi connectivity index (χ4n) is 5.80. The van der Waals surface area contributed by atoms with Crippen LogP contribution in [-0.4, -0.2) is 53.6 Å². The lowest BCUT2D eigenvalue weighted by atomic mass is 9.48. The molecule has 2 N–H and O–H groups in total. The average molecular weight is 404 g/mol. The Hall–Kier alpha value is -2.35. The van der Waals surface area contributed by atoms with Crippen LogP contribution in [0.15, 0.2) is 22.8 Å². The molecule has 5 rings (SSSR count). The van der Waals surface area contributed by atoms with Gasteiger partial charge in [0.1, 0.15) is 5.76 Å². The van der Waals surface area contributed by atoms with Crippen LogP contribution in [-0.2, 0) is 25.7 Å². The molecule has 8 nitrogen and oxygen atoms in total. The molecule has 158 valence electrons. The van der Waals surface area contributed by atoms with E-state index in [1.165, 1.54) is 18.2 Å². The van der Waals surface area contributed by atoms with Crippen molar-refractivity contribution in [1.82, 2.24) is 10.2 Å². The number of likely N-dealkylation sites (N-methyl/N-ethyl adjacent to an activating group) is 1. The smallest absolute Gasteiger partial charge is 0.312 e. The lowest BCUT2D eigenvalue weighted by molar-refractivity contribution is -0.196. The highest BCUT2D eigenvalue weighted by molar-refractivity contribution is 5.87. The molecule has 8 heteroatoms. The molecule has 4 aliphatic rings. The Morgan fingerprint density at radius 1 is 1.28 bits per heavy atom. The summed E-state index contributed by atoms with van der Waals surface area (Å²) in [6.45, 7) is -0.279. The van der Waals surface area contributed by atoms with Gasteiger partial charge in [-0.05, 0) is 62.5 Å². The summed E-state index contributed by atoms with van der Waals surface area (Å²) in [5, 5.41) is 13.4. The summed E-state index contributed by atoms with van der Waals surface area (Å²) in [6, 6.07) is 3.48. The van der Waals surface area contributed by atoms with Crippen LogP contribution in [0.1, 0.15) is 44.3 Å². The summed E-state index contributed by atoms with van der Waals surface area (Å²) in [5.74, 6) is 0.212. The summed E-state index contributed by atoms with van der Waals surface area (Å²) in [5.41, 5.74) is -1.41. The fraction of sp³-hybridized carbons (Fsp3) is 0.667. The van der Waals surface area contributed by atoms with Crippen molar-refractivity contribution < 1.29 is 28.6 Å². The van der Waals surface area contributed by atoms with E-state index in [0.29, 0.717) is 24.0 Å². The van der Waals surface area contributed by atoms with Gasteiger partial charge in [-0.1, -0.05) is 0 Å². The third-order valence-electron chi connectivity index (χ3n) is 6.64. The summed E-state index contributed by atoms with van der Waals surface area (Å²) in [6.07, 6.45) is 6.05. The first-order valence-electron chi connectivity index (χ1n) is 10.2. The number of carbonyl (C=O) groups excluding carboxylic acids is 3. The number of furan rings is 1. The van der Waals surface area contributed by atoms with Crippen LogP contribution in [0.25, 0.3) is 0 Å². The molecule has 2 unspecified atom stereocenters. The van der Waals surface area contributed by atoms with Crippen molar-refractivity contribution in [2.45, 2.75) is 50.7 Å². The minimum Gasteiger partial charge on any atom is -0.467 e. The van der Waals surface area contributed by atoms with Crippen molar-refractivity contribution in [3.8, 4) is 0 Å². The molecule has 4 atom stereocenters. The second-order valence-corrected chi connectivity index (χ2v) is 9.15. The van der Waals surface area contributed by atoms with Gasteiger partial charge in [0.2, 0.25) is 5.91 Å². The molecule has 0 aromatic carbocycles. The monoisotopic (exact) mass is 404 g/mol. The van der Waals surface area contributed by atoms with Gasteiger partial charge in [0, 0.05) is 7.05 Å². The minimum absolute atomic E-state index is 0.133. The van der Waals surface area contributed by atoms with E-state index < -0.39 is 23.5 Å². The maximum absolute atomic E-state index is 12.8. The summed E-state index contributed by atoms with van der Waals surface area (Å²) < 4.78 is 10.5. The second kappa shape index (κ2) is 7.48. The van der Waals surface area contributed by atoms with Gasteiger partial charge in [0.15, 0.2) is 6.61 Å². The van der Waals surface area contributed by atoms with Gasteiger partial charge in [-0.25, -0.2) is 0 Å². The van der Waals surface area contributed by atoms with Gasteiger partial charge in [-0.15, -0.1) is 0 Å². The average Bonchev–Trinajstić information content (AvgIpc) is 3.15. The molecule has 0 spiro atoms. The van der Waals surface area contributed by atoms with Gasteiger partial charge in [-0.3, -0.25) is 14.4 Å². The number of rotatable bonds is 7. The minimum atomic E-state index is -0.754. The fourth-order valence-corrected chi connectivity index (χ4v) is 5.80. The standard InChI is InChI=1S/C21H28N2O6/c1-23(11-17(24)22-10-16-3-2-4-28-16)18(25)12-29-19(26)20-6-14-5-15(7-20)9-21(27,8-14)13-20/h2-4,14-15,27H,5-13H2,1H3,(H,22,24)/t14-,15+,20?,21?. The van der Waals surface area contributed by atoms with E-state index in [0.717, 1.165) is 32.1 Å². The molecule has 0 aliphatic heterocycles. The van der Waals surface area contributed by atoms with E-state index in [-0.39, 0.29) is 25.0 Å². The Balaban J connectivity index is 1.25. The molecular weight excluding hydrogens is 376 g/mol. The van der Waals surface area contributed by atoms with E-state index in [1.54, 1.807) is 12.1 Å². The van der Waals surface area contributed by atoms with Gasteiger partial charge >= 0.3 is 5.97 Å². The zero-order chi connectivity index (χ0) is 20.6. The van der Waals surface area contributed by atoms with Crippen molar-refractivity contribution >= 4 is 17.8 Å². The second-order valence-electron chi connectivity index (χ2n) is 9.15. The molecule has 4 fully saturated rings. The van der Waals surface area contributed by atoms with Crippen molar-refractivity contribution in [3.63, 3.8) is 0 Å². The van der Waals surface area contributed by atoms with E-state index in [9.17, 15) is 19.5 Å². The molecule has 1 aromatic heterocycles. The van der Waals surface area contributed by atoms with Crippen LogP contribution in [0.5, 0.6) is 0 Å². The number of nitrogens with one attached hydrogen (secondary N) is 1. The third kappa shape index (κ3) is 4.17. The molecule has 1 aromatic rings. The molecule has 4 saturated carbocycles. The Morgan fingerprint density at radius 2 is 2.00 bits per heavy atom.